The number of allylic oxidation sites excluding steroid dienone is 4. The second-order valence-electron chi connectivity index (χ2n) is 11.0. The molecule has 0 radical (unpaired) electrons. The Bertz CT molecular complexity index is 1230. The van der Waals surface area contributed by atoms with Crippen LogP contribution < -0.4 is 0 Å². The van der Waals surface area contributed by atoms with Crippen LogP contribution in [0.1, 0.15) is 59.2 Å². The van der Waals surface area contributed by atoms with Crippen LogP contribution in [0.3, 0.4) is 0 Å². The first kappa shape index (κ1) is 21.2. The number of rotatable bonds is 4. The molecule has 2 aromatic carbocycles. The number of carbonyl (C=O) groups is 2. The van der Waals surface area contributed by atoms with Gasteiger partial charge < -0.3 is 9.47 Å². The molecule has 7 atom stereocenters. The minimum absolute atomic E-state index is 0.202. The fourth-order valence-electron chi connectivity index (χ4n) is 7.90. The SMILES string of the molecule is O=C(OC1C2CC(C1OC(=O)c1ccccc1)C1C3=C(CC4CCCC4=C3)CC21)c1ccccc1. The van der Waals surface area contributed by atoms with Gasteiger partial charge in [-0.15, -0.1) is 0 Å². The van der Waals surface area contributed by atoms with Gasteiger partial charge in [-0.2, -0.15) is 0 Å². The molecule has 5 aliphatic carbocycles. The van der Waals surface area contributed by atoms with Crippen LogP contribution in [0.15, 0.2) is 83.5 Å². The fraction of sp³-hybridized carbons (Fsp3) is 0.419. The molecular formula is C31H30O4. The van der Waals surface area contributed by atoms with E-state index in [2.05, 4.69) is 6.08 Å². The molecule has 7 unspecified atom stereocenters. The molecule has 4 nitrogen and oxygen atoms in total. The summed E-state index contributed by atoms with van der Waals surface area (Å²) in [6.07, 6.45) is 8.85. The summed E-state index contributed by atoms with van der Waals surface area (Å²) in [5.41, 5.74) is 5.87. The van der Waals surface area contributed by atoms with Crippen molar-refractivity contribution in [1.29, 1.82) is 0 Å². The highest BCUT2D eigenvalue weighted by atomic mass is 16.6. The van der Waals surface area contributed by atoms with E-state index in [0.29, 0.717) is 23.0 Å². The zero-order chi connectivity index (χ0) is 23.5. The van der Waals surface area contributed by atoms with Crippen molar-refractivity contribution in [3.63, 3.8) is 0 Å². The first-order valence-electron chi connectivity index (χ1n) is 13.1. The third kappa shape index (κ3) is 3.41. The average Bonchev–Trinajstić information content (AvgIpc) is 3.65. The van der Waals surface area contributed by atoms with E-state index >= 15 is 0 Å². The Balaban J connectivity index is 1.20. The van der Waals surface area contributed by atoms with Crippen LogP contribution >= 0.6 is 0 Å². The molecule has 5 aliphatic rings. The number of ether oxygens (including phenoxy) is 2. The van der Waals surface area contributed by atoms with Gasteiger partial charge in [0.2, 0.25) is 0 Å². The third-order valence-corrected chi connectivity index (χ3v) is 9.32. The van der Waals surface area contributed by atoms with Gasteiger partial charge in [0.25, 0.3) is 0 Å². The van der Waals surface area contributed by atoms with E-state index in [9.17, 15) is 9.59 Å². The number of benzene rings is 2. The minimum Gasteiger partial charge on any atom is -0.455 e. The van der Waals surface area contributed by atoms with Gasteiger partial charge in [0.15, 0.2) is 0 Å². The van der Waals surface area contributed by atoms with Gasteiger partial charge >= 0.3 is 11.9 Å². The predicted octanol–water partition coefficient (Wildman–Crippen LogP) is 6.15. The molecule has 0 amide bonds. The van der Waals surface area contributed by atoms with Crippen molar-refractivity contribution in [2.24, 2.45) is 29.6 Å². The highest BCUT2D eigenvalue weighted by Crippen LogP contribution is 2.64. The second-order valence-corrected chi connectivity index (χ2v) is 11.0. The summed E-state index contributed by atoms with van der Waals surface area (Å²) in [6, 6.07) is 18.3. The van der Waals surface area contributed by atoms with E-state index in [1.54, 1.807) is 35.4 Å². The van der Waals surface area contributed by atoms with Crippen LogP contribution in [0.4, 0.5) is 0 Å². The van der Waals surface area contributed by atoms with Crippen molar-refractivity contribution in [2.45, 2.75) is 50.7 Å². The molecular weight excluding hydrogens is 436 g/mol. The summed E-state index contributed by atoms with van der Waals surface area (Å²) >= 11 is 0. The molecule has 2 aromatic rings. The minimum atomic E-state index is -0.409. The van der Waals surface area contributed by atoms with Gasteiger partial charge in [-0.25, -0.2) is 9.59 Å². The lowest BCUT2D eigenvalue weighted by Crippen LogP contribution is -2.46. The lowest BCUT2D eigenvalue weighted by molar-refractivity contribution is -0.0742. The summed E-state index contributed by atoms with van der Waals surface area (Å²) in [5.74, 6) is 1.43. The molecule has 4 heteroatoms. The van der Waals surface area contributed by atoms with Crippen molar-refractivity contribution in [3.8, 4) is 0 Å². The normalized spacial score (nSPS) is 34.2. The van der Waals surface area contributed by atoms with Crippen LogP contribution in [0.5, 0.6) is 0 Å². The number of hydrogen-bond donors (Lipinski definition) is 0. The molecule has 0 heterocycles. The van der Waals surface area contributed by atoms with E-state index in [-0.39, 0.29) is 23.8 Å². The maximum Gasteiger partial charge on any atom is 0.338 e. The Morgan fingerprint density at radius 1 is 0.743 bits per heavy atom. The van der Waals surface area contributed by atoms with E-state index in [4.69, 9.17) is 9.47 Å². The van der Waals surface area contributed by atoms with Crippen molar-refractivity contribution in [2.75, 3.05) is 0 Å². The summed E-state index contributed by atoms with van der Waals surface area (Å²) in [7, 11) is 0. The number of carbonyl (C=O) groups excluding carboxylic acids is 2. The zero-order valence-corrected chi connectivity index (χ0v) is 19.8. The molecule has 0 aromatic heterocycles. The third-order valence-electron chi connectivity index (χ3n) is 9.32. The van der Waals surface area contributed by atoms with E-state index in [1.165, 1.54) is 31.3 Å². The molecule has 2 bridgehead atoms. The molecule has 0 aliphatic heterocycles. The van der Waals surface area contributed by atoms with Crippen LogP contribution in [0, 0.1) is 29.6 Å². The molecule has 0 N–H and O–H groups in total. The molecule has 7 rings (SSSR count). The van der Waals surface area contributed by atoms with Gasteiger partial charge in [-0.3, -0.25) is 0 Å². The van der Waals surface area contributed by atoms with Crippen molar-refractivity contribution < 1.29 is 19.1 Å². The van der Waals surface area contributed by atoms with Crippen LogP contribution in [-0.2, 0) is 9.47 Å². The van der Waals surface area contributed by atoms with Crippen molar-refractivity contribution in [1.82, 2.24) is 0 Å². The molecule has 3 saturated carbocycles. The van der Waals surface area contributed by atoms with E-state index < -0.39 is 12.2 Å². The number of fused-ring (bicyclic) bond motifs is 7. The molecule has 0 spiro atoms. The van der Waals surface area contributed by atoms with Crippen molar-refractivity contribution >= 4 is 11.9 Å². The van der Waals surface area contributed by atoms with E-state index in [1.807, 2.05) is 36.4 Å². The summed E-state index contributed by atoms with van der Waals surface area (Å²) in [5, 5.41) is 0. The lowest BCUT2D eigenvalue weighted by Gasteiger charge is -2.38. The Labute approximate surface area is 206 Å². The number of esters is 2. The zero-order valence-electron chi connectivity index (χ0n) is 19.8. The lowest BCUT2D eigenvalue weighted by atomic mass is 9.75. The Morgan fingerprint density at radius 2 is 1.37 bits per heavy atom. The number of hydrogen-bond acceptors (Lipinski definition) is 4. The second kappa shape index (κ2) is 8.22. The maximum absolute atomic E-state index is 13.1. The summed E-state index contributed by atoms with van der Waals surface area (Å²) < 4.78 is 12.4. The standard InChI is InChI=1S/C31H30O4/c32-30(18-8-3-1-4-9-18)34-28-25-17-26(29(28)35-31(33)19-10-5-2-6-11-19)27-23-15-21-13-7-12-20(21)14-22(23)16-24(25)27/h1-6,8-11,15,20,24-29H,7,12-14,16-17H2. The summed E-state index contributed by atoms with van der Waals surface area (Å²) in [4.78, 5) is 26.2. The highest BCUT2D eigenvalue weighted by Gasteiger charge is 2.64. The maximum atomic E-state index is 13.1. The summed E-state index contributed by atoms with van der Waals surface area (Å²) in [6.45, 7) is 0. The first-order chi connectivity index (χ1) is 17.2. The Morgan fingerprint density at radius 3 is 2.03 bits per heavy atom. The van der Waals surface area contributed by atoms with Gasteiger partial charge in [-0.1, -0.05) is 53.6 Å². The molecule has 178 valence electrons. The first-order valence-corrected chi connectivity index (χ1v) is 13.1. The van der Waals surface area contributed by atoms with Crippen LogP contribution in [0.25, 0.3) is 0 Å². The topological polar surface area (TPSA) is 52.6 Å². The highest BCUT2D eigenvalue weighted by molar-refractivity contribution is 5.90. The quantitative estimate of drug-likeness (QED) is 0.507. The van der Waals surface area contributed by atoms with Gasteiger partial charge in [-0.05, 0) is 86.1 Å². The Kier molecular flexibility index (Phi) is 4.97. The van der Waals surface area contributed by atoms with Gasteiger partial charge in [0, 0.05) is 11.8 Å². The molecule has 35 heavy (non-hydrogen) atoms. The van der Waals surface area contributed by atoms with E-state index in [0.717, 1.165) is 18.8 Å². The average molecular weight is 467 g/mol. The largest absolute Gasteiger partial charge is 0.455 e. The molecule has 0 saturated heterocycles. The van der Waals surface area contributed by atoms with Crippen molar-refractivity contribution in [3.05, 3.63) is 94.6 Å². The van der Waals surface area contributed by atoms with Gasteiger partial charge in [0.05, 0.1) is 11.1 Å². The predicted molar refractivity (Wildman–Crippen MR) is 132 cm³/mol. The fourth-order valence-corrected chi connectivity index (χ4v) is 7.90. The smallest absolute Gasteiger partial charge is 0.338 e. The molecule has 3 fully saturated rings. The monoisotopic (exact) mass is 466 g/mol. The Hall–Kier alpha value is -3.14. The van der Waals surface area contributed by atoms with Crippen LogP contribution in [-0.4, -0.2) is 24.1 Å². The van der Waals surface area contributed by atoms with Gasteiger partial charge in [0.1, 0.15) is 12.2 Å². The van der Waals surface area contributed by atoms with Crippen LogP contribution in [0.2, 0.25) is 0 Å².